The Morgan fingerprint density at radius 3 is 2.28 bits per heavy atom. The van der Waals surface area contributed by atoms with Crippen molar-refractivity contribution >= 4 is 0 Å². The molecular weight excluding hydrogens is 224 g/mol. The summed E-state index contributed by atoms with van der Waals surface area (Å²) in [5, 5.41) is 12.3. The van der Waals surface area contributed by atoms with Crippen LogP contribution in [0, 0.1) is 0 Å². The minimum atomic E-state index is 0.223. The Morgan fingerprint density at radius 2 is 1.61 bits per heavy atom. The van der Waals surface area contributed by atoms with Crippen molar-refractivity contribution in [2.24, 2.45) is 5.73 Å². The molecule has 0 aromatic heterocycles. The van der Waals surface area contributed by atoms with Gasteiger partial charge < -0.3 is 16.2 Å². The molecule has 0 heterocycles. The lowest BCUT2D eigenvalue weighted by molar-refractivity contribution is 0.299. The smallest absolute Gasteiger partial charge is 0.0471 e. The van der Waals surface area contributed by atoms with Gasteiger partial charge in [-0.2, -0.15) is 0 Å². The van der Waals surface area contributed by atoms with Gasteiger partial charge in [0.2, 0.25) is 0 Å². The van der Waals surface area contributed by atoms with Crippen LogP contribution in [0.3, 0.4) is 0 Å². The maximum absolute atomic E-state index is 8.83. The van der Waals surface area contributed by atoms with Gasteiger partial charge in [0.25, 0.3) is 0 Å². The second-order valence-electron chi connectivity index (χ2n) is 4.67. The van der Waals surface area contributed by atoms with E-state index in [1.807, 2.05) is 0 Å². The van der Waals surface area contributed by atoms with Crippen LogP contribution in [0.25, 0.3) is 0 Å². The van der Waals surface area contributed by atoms with Crippen LogP contribution in [0.5, 0.6) is 0 Å². The summed E-state index contributed by atoms with van der Waals surface area (Å²) in [7, 11) is 0. The van der Waals surface area contributed by atoms with Crippen molar-refractivity contribution in [1.29, 1.82) is 0 Å². The van der Waals surface area contributed by atoms with Crippen LogP contribution < -0.4 is 11.1 Å². The number of hydrogen-bond donors (Lipinski definition) is 3. The summed E-state index contributed by atoms with van der Waals surface area (Å²) < 4.78 is 0. The molecule has 0 saturated heterocycles. The lowest BCUT2D eigenvalue weighted by Gasteiger charge is -2.06. The summed E-state index contributed by atoms with van der Waals surface area (Å²) in [6.07, 6.45) is 5.62. The summed E-state index contributed by atoms with van der Waals surface area (Å²) in [6.45, 7) is 3.03. The quantitative estimate of drug-likeness (QED) is 0.555. The first-order chi connectivity index (χ1) is 8.86. The molecule has 0 saturated carbocycles. The number of unbranched alkanes of at least 4 members (excludes halogenated alkanes) is 3. The van der Waals surface area contributed by atoms with Gasteiger partial charge in [-0.25, -0.2) is 0 Å². The van der Waals surface area contributed by atoms with E-state index in [1.54, 1.807) is 0 Å². The molecule has 0 aliphatic rings. The van der Waals surface area contributed by atoms with Gasteiger partial charge >= 0.3 is 0 Å². The van der Waals surface area contributed by atoms with Crippen LogP contribution in [-0.4, -0.2) is 24.8 Å². The van der Waals surface area contributed by atoms with E-state index in [4.69, 9.17) is 10.8 Å². The minimum absolute atomic E-state index is 0.223. The molecule has 0 fully saturated rings. The van der Waals surface area contributed by atoms with E-state index in [0.29, 0.717) is 0 Å². The summed E-state index contributed by atoms with van der Waals surface area (Å²) in [5.74, 6) is 0. The van der Waals surface area contributed by atoms with Crippen LogP contribution in [0.15, 0.2) is 24.3 Å². The largest absolute Gasteiger partial charge is 0.396 e. The van der Waals surface area contributed by atoms with Crippen LogP contribution in [-0.2, 0) is 13.0 Å². The van der Waals surface area contributed by atoms with Crippen molar-refractivity contribution in [3.63, 3.8) is 0 Å². The molecule has 102 valence electrons. The highest BCUT2D eigenvalue weighted by Gasteiger charge is 1.95. The Balaban J connectivity index is 2.08. The fourth-order valence-electron chi connectivity index (χ4n) is 1.93. The molecule has 3 heteroatoms. The molecule has 0 radical (unpaired) electrons. The zero-order chi connectivity index (χ0) is 13.1. The van der Waals surface area contributed by atoms with Gasteiger partial charge in [0.1, 0.15) is 0 Å². The first kappa shape index (κ1) is 15.2. The van der Waals surface area contributed by atoms with Gasteiger partial charge in [0, 0.05) is 13.2 Å². The maximum Gasteiger partial charge on any atom is 0.0471 e. The molecule has 0 aliphatic carbocycles. The summed E-state index contributed by atoms with van der Waals surface area (Å²) in [4.78, 5) is 0. The van der Waals surface area contributed by atoms with Crippen molar-refractivity contribution in [2.45, 2.75) is 38.6 Å². The third-order valence-electron chi connectivity index (χ3n) is 3.06. The van der Waals surface area contributed by atoms with E-state index in [1.165, 1.54) is 30.4 Å². The van der Waals surface area contributed by atoms with E-state index in [2.05, 4.69) is 29.6 Å². The second-order valence-corrected chi connectivity index (χ2v) is 4.67. The highest BCUT2D eigenvalue weighted by Crippen LogP contribution is 2.05. The van der Waals surface area contributed by atoms with Gasteiger partial charge in [-0.15, -0.1) is 0 Å². The normalized spacial score (nSPS) is 10.8. The molecule has 1 aromatic carbocycles. The molecule has 0 atom stereocenters. The maximum atomic E-state index is 8.83. The van der Waals surface area contributed by atoms with E-state index < -0.39 is 0 Å². The fraction of sp³-hybridized carbons (Fsp3) is 0.600. The van der Waals surface area contributed by atoms with E-state index >= 15 is 0 Å². The van der Waals surface area contributed by atoms with E-state index in [-0.39, 0.29) is 6.61 Å². The third kappa shape index (κ3) is 6.74. The van der Waals surface area contributed by atoms with Crippen LogP contribution in [0.2, 0.25) is 0 Å². The van der Waals surface area contributed by atoms with E-state index in [0.717, 1.165) is 32.5 Å². The van der Waals surface area contributed by atoms with Gasteiger partial charge in [-0.3, -0.25) is 0 Å². The van der Waals surface area contributed by atoms with Crippen molar-refractivity contribution in [3.05, 3.63) is 35.4 Å². The molecule has 0 bridgehead atoms. The van der Waals surface area contributed by atoms with Gasteiger partial charge in [0.15, 0.2) is 0 Å². The van der Waals surface area contributed by atoms with Gasteiger partial charge in [-0.1, -0.05) is 37.1 Å². The lowest BCUT2D eigenvalue weighted by Crippen LogP contribution is -2.14. The number of aliphatic hydroxyl groups is 1. The molecule has 0 unspecified atom stereocenters. The molecule has 4 N–H and O–H groups in total. The van der Waals surface area contributed by atoms with Gasteiger partial charge in [-0.05, 0) is 43.5 Å². The van der Waals surface area contributed by atoms with Crippen LogP contribution >= 0.6 is 0 Å². The molecular formula is C15H26N2O. The third-order valence-corrected chi connectivity index (χ3v) is 3.06. The Hall–Kier alpha value is -0.900. The minimum Gasteiger partial charge on any atom is -0.396 e. The lowest BCUT2D eigenvalue weighted by atomic mass is 10.1. The number of rotatable bonds is 10. The summed E-state index contributed by atoms with van der Waals surface area (Å²) >= 11 is 0. The summed E-state index contributed by atoms with van der Waals surface area (Å²) in [6, 6.07) is 8.45. The first-order valence-corrected chi connectivity index (χ1v) is 6.96. The molecule has 0 amide bonds. The number of aliphatic hydroxyl groups excluding tert-OH is 1. The zero-order valence-corrected chi connectivity index (χ0v) is 11.2. The standard InChI is InChI=1S/C15H26N2O/c16-10-3-1-2-4-11-17-13-15-7-5-14(6-8-15)9-12-18/h5-8,17-18H,1-4,9-13,16H2. The average Bonchev–Trinajstić information content (AvgIpc) is 2.40. The predicted molar refractivity (Wildman–Crippen MR) is 76.5 cm³/mol. The SMILES string of the molecule is NCCCCCCNCc1ccc(CCO)cc1. The predicted octanol–water partition coefficient (Wildman–Crippen LogP) is 1.83. The molecule has 1 rings (SSSR count). The average molecular weight is 250 g/mol. The topological polar surface area (TPSA) is 58.3 Å². The Morgan fingerprint density at radius 1 is 0.944 bits per heavy atom. The van der Waals surface area contributed by atoms with Crippen molar-refractivity contribution in [2.75, 3.05) is 19.7 Å². The molecule has 0 aliphatic heterocycles. The number of benzene rings is 1. The highest BCUT2D eigenvalue weighted by atomic mass is 16.2. The summed E-state index contributed by atoms with van der Waals surface area (Å²) in [5.41, 5.74) is 7.95. The van der Waals surface area contributed by atoms with Crippen LogP contribution in [0.4, 0.5) is 0 Å². The van der Waals surface area contributed by atoms with Crippen molar-refractivity contribution in [3.8, 4) is 0 Å². The number of hydrogen-bond acceptors (Lipinski definition) is 3. The highest BCUT2D eigenvalue weighted by molar-refractivity contribution is 5.22. The second kappa shape index (κ2) is 10.1. The molecule has 1 aromatic rings. The van der Waals surface area contributed by atoms with Crippen LogP contribution in [0.1, 0.15) is 36.8 Å². The Bertz CT molecular complexity index is 298. The Labute approximate surface area is 110 Å². The van der Waals surface area contributed by atoms with Crippen molar-refractivity contribution < 1.29 is 5.11 Å². The number of nitrogens with one attached hydrogen (secondary N) is 1. The monoisotopic (exact) mass is 250 g/mol. The Kier molecular flexibility index (Phi) is 8.47. The fourth-order valence-corrected chi connectivity index (χ4v) is 1.93. The van der Waals surface area contributed by atoms with Crippen molar-refractivity contribution in [1.82, 2.24) is 5.32 Å². The molecule has 3 nitrogen and oxygen atoms in total. The number of nitrogens with two attached hydrogens (primary N) is 1. The van der Waals surface area contributed by atoms with Gasteiger partial charge in [0.05, 0.1) is 0 Å². The first-order valence-electron chi connectivity index (χ1n) is 6.96. The molecule has 18 heavy (non-hydrogen) atoms. The van der Waals surface area contributed by atoms with E-state index in [9.17, 15) is 0 Å². The zero-order valence-electron chi connectivity index (χ0n) is 11.2. The molecule has 0 spiro atoms.